The number of rotatable bonds is 8. The average molecular weight is 425 g/mol. The van der Waals surface area contributed by atoms with E-state index in [-0.39, 0.29) is 18.1 Å². The maximum Gasteiger partial charge on any atom is 0.234 e. The molecule has 0 atom stereocenters. The van der Waals surface area contributed by atoms with Crippen LogP contribution in [-0.4, -0.2) is 53.3 Å². The van der Waals surface area contributed by atoms with Crippen molar-refractivity contribution >= 4 is 5.91 Å². The van der Waals surface area contributed by atoms with E-state index in [1.807, 2.05) is 37.3 Å². The van der Waals surface area contributed by atoms with Crippen LogP contribution in [0.25, 0.3) is 0 Å². The molecule has 1 amide bonds. The van der Waals surface area contributed by atoms with Crippen molar-refractivity contribution < 1.29 is 14.6 Å². The van der Waals surface area contributed by atoms with E-state index >= 15 is 0 Å². The highest BCUT2D eigenvalue weighted by atomic mass is 16.5. The molecule has 168 valence electrons. The highest BCUT2D eigenvalue weighted by Gasteiger charge is 2.34. The van der Waals surface area contributed by atoms with Crippen molar-refractivity contribution in [2.75, 3.05) is 26.2 Å². The number of benzene rings is 2. The SMILES string of the molecule is Cc1ccc(OCC2(O)CCN(CC(=O)NC(C)(C)Cc3ccccc3)CC2)c(C)c1. The van der Waals surface area contributed by atoms with E-state index in [2.05, 4.69) is 49.2 Å². The van der Waals surface area contributed by atoms with E-state index < -0.39 is 5.60 Å². The van der Waals surface area contributed by atoms with Gasteiger partial charge in [0.25, 0.3) is 0 Å². The van der Waals surface area contributed by atoms with Crippen LogP contribution in [0.15, 0.2) is 48.5 Å². The summed E-state index contributed by atoms with van der Waals surface area (Å²) in [5, 5.41) is 14.1. The minimum atomic E-state index is -0.850. The van der Waals surface area contributed by atoms with Crippen molar-refractivity contribution in [3.63, 3.8) is 0 Å². The summed E-state index contributed by atoms with van der Waals surface area (Å²) >= 11 is 0. The molecule has 5 nitrogen and oxygen atoms in total. The number of ether oxygens (including phenoxy) is 1. The molecular weight excluding hydrogens is 388 g/mol. The Balaban J connectivity index is 1.44. The first-order valence-electron chi connectivity index (χ1n) is 11.1. The number of hydrogen-bond acceptors (Lipinski definition) is 4. The predicted octanol–water partition coefficient (Wildman–Crippen LogP) is 3.65. The average Bonchev–Trinajstić information content (AvgIpc) is 2.69. The molecule has 5 heteroatoms. The van der Waals surface area contributed by atoms with Crippen molar-refractivity contribution in [1.29, 1.82) is 0 Å². The molecule has 2 N–H and O–H groups in total. The molecule has 0 spiro atoms. The molecule has 0 bridgehead atoms. The highest BCUT2D eigenvalue weighted by molar-refractivity contribution is 5.78. The third-order valence-electron chi connectivity index (χ3n) is 5.95. The van der Waals surface area contributed by atoms with Crippen LogP contribution >= 0.6 is 0 Å². The third kappa shape index (κ3) is 7.08. The molecule has 1 saturated heterocycles. The quantitative estimate of drug-likeness (QED) is 0.679. The number of aliphatic hydroxyl groups is 1. The van der Waals surface area contributed by atoms with Crippen LogP contribution in [0.2, 0.25) is 0 Å². The molecule has 0 saturated carbocycles. The van der Waals surface area contributed by atoms with Gasteiger partial charge in [0, 0.05) is 18.6 Å². The summed E-state index contributed by atoms with van der Waals surface area (Å²) in [7, 11) is 0. The Labute approximate surface area is 186 Å². The molecule has 1 aliphatic rings. The lowest BCUT2D eigenvalue weighted by molar-refractivity contribution is -0.125. The fraction of sp³-hybridized carbons (Fsp3) is 0.500. The van der Waals surface area contributed by atoms with Gasteiger partial charge in [0.2, 0.25) is 5.91 Å². The van der Waals surface area contributed by atoms with Gasteiger partial charge in [-0.25, -0.2) is 0 Å². The van der Waals surface area contributed by atoms with Gasteiger partial charge < -0.3 is 15.2 Å². The number of nitrogens with zero attached hydrogens (tertiary/aromatic N) is 1. The first-order valence-corrected chi connectivity index (χ1v) is 11.1. The summed E-state index contributed by atoms with van der Waals surface area (Å²) in [5.41, 5.74) is 2.32. The number of hydrogen-bond donors (Lipinski definition) is 2. The number of piperidine rings is 1. The molecule has 0 aliphatic carbocycles. The molecule has 2 aromatic carbocycles. The number of carbonyl (C=O) groups excluding carboxylic acids is 1. The summed E-state index contributed by atoms with van der Waals surface area (Å²) in [6.07, 6.45) is 1.98. The molecule has 2 aromatic rings. The molecule has 0 radical (unpaired) electrons. The Morgan fingerprint density at radius 2 is 1.81 bits per heavy atom. The molecule has 0 unspecified atom stereocenters. The summed E-state index contributed by atoms with van der Waals surface area (Å²) in [5.74, 6) is 0.847. The van der Waals surface area contributed by atoms with Crippen LogP contribution in [0.4, 0.5) is 0 Å². The van der Waals surface area contributed by atoms with Gasteiger partial charge in [-0.05, 0) is 64.2 Å². The van der Waals surface area contributed by atoms with Gasteiger partial charge in [0.15, 0.2) is 0 Å². The first kappa shape index (κ1) is 23.3. The zero-order valence-corrected chi connectivity index (χ0v) is 19.3. The number of aryl methyl sites for hydroxylation is 2. The maximum atomic E-state index is 12.6. The molecule has 0 aromatic heterocycles. The van der Waals surface area contributed by atoms with Crippen molar-refractivity contribution in [1.82, 2.24) is 10.2 Å². The van der Waals surface area contributed by atoms with E-state index in [9.17, 15) is 9.90 Å². The highest BCUT2D eigenvalue weighted by Crippen LogP contribution is 2.25. The van der Waals surface area contributed by atoms with E-state index in [1.54, 1.807) is 0 Å². The van der Waals surface area contributed by atoms with Crippen LogP contribution in [0.5, 0.6) is 5.75 Å². The number of nitrogens with one attached hydrogen (secondary N) is 1. The molecule has 3 rings (SSSR count). The van der Waals surface area contributed by atoms with Crippen molar-refractivity contribution in [2.45, 2.75) is 58.1 Å². The van der Waals surface area contributed by atoms with Gasteiger partial charge in [-0.15, -0.1) is 0 Å². The van der Waals surface area contributed by atoms with Crippen LogP contribution in [-0.2, 0) is 11.2 Å². The normalized spacial score (nSPS) is 16.7. The van der Waals surface area contributed by atoms with E-state index in [0.29, 0.717) is 32.5 Å². The van der Waals surface area contributed by atoms with Gasteiger partial charge in [0.1, 0.15) is 18.0 Å². The van der Waals surface area contributed by atoms with Gasteiger partial charge in [-0.3, -0.25) is 9.69 Å². The smallest absolute Gasteiger partial charge is 0.234 e. The largest absolute Gasteiger partial charge is 0.490 e. The second-order valence-electron chi connectivity index (χ2n) is 9.65. The topological polar surface area (TPSA) is 61.8 Å². The van der Waals surface area contributed by atoms with Gasteiger partial charge in [-0.2, -0.15) is 0 Å². The number of likely N-dealkylation sites (tertiary alicyclic amines) is 1. The Morgan fingerprint density at radius 3 is 2.45 bits per heavy atom. The van der Waals surface area contributed by atoms with Crippen molar-refractivity contribution in [3.05, 3.63) is 65.2 Å². The molecule has 1 heterocycles. The van der Waals surface area contributed by atoms with Crippen LogP contribution < -0.4 is 10.1 Å². The van der Waals surface area contributed by atoms with E-state index in [0.717, 1.165) is 17.7 Å². The summed E-state index contributed by atoms with van der Waals surface area (Å²) < 4.78 is 5.93. The summed E-state index contributed by atoms with van der Waals surface area (Å²) in [6, 6.07) is 16.3. The fourth-order valence-corrected chi connectivity index (χ4v) is 4.22. The lowest BCUT2D eigenvalue weighted by Crippen LogP contribution is -2.53. The Hall–Kier alpha value is -2.37. The minimum Gasteiger partial charge on any atom is -0.490 e. The summed E-state index contributed by atoms with van der Waals surface area (Å²) in [6.45, 7) is 10.2. The standard InChI is InChI=1S/C26H36N2O3/c1-20-10-11-23(21(2)16-20)31-19-26(30)12-14-28(15-13-26)18-24(29)27-25(3,4)17-22-8-6-5-7-9-22/h5-11,16,30H,12-15,17-19H2,1-4H3,(H,27,29). The van der Waals surface area contributed by atoms with Gasteiger partial charge in [0.05, 0.1) is 6.54 Å². The monoisotopic (exact) mass is 424 g/mol. The Bertz CT molecular complexity index is 871. The third-order valence-corrected chi connectivity index (χ3v) is 5.95. The molecule has 31 heavy (non-hydrogen) atoms. The van der Waals surface area contributed by atoms with Crippen molar-refractivity contribution in [2.24, 2.45) is 0 Å². The minimum absolute atomic E-state index is 0.0258. The Morgan fingerprint density at radius 1 is 1.13 bits per heavy atom. The second-order valence-corrected chi connectivity index (χ2v) is 9.65. The second kappa shape index (κ2) is 9.84. The van der Waals surface area contributed by atoms with E-state index in [1.165, 1.54) is 11.1 Å². The lowest BCUT2D eigenvalue weighted by atomic mass is 9.92. The van der Waals surface area contributed by atoms with Gasteiger partial charge >= 0.3 is 0 Å². The Kier molecular flexibility index (Phi) is 7.39. The van der Waals surface area contributed by atoms with Crippen LogP contribution in [0.1, 0.15) is 43.4 Å². The first-order chi connectivity index (χ1) is 14.6. The van der Waals surface area contributed by atoms with Crippen LogP contribution in [0.3, 0.4) is 0 Å². The van der Waals surface area contributed by atoms with Crippen LogP contribution in [0, 0.1) is 13.8 Å². The zero-order valence-electron chi connectivity index (χ0n) is 19.3. The predicted molar refractivity (Wildman–Crippen MR) is 124 cm³/mol. The fourth-order valence-electron chi connectivity index (χ4n) is 4.22. The van der Waals surface area contributed by atoms with E-state index in [4.69, 9.17) is 4.74 Å². The van der Waals surface area contributed by atoms with Gasteiger partial charge in [-0.1, -0.05) is 48.0 Å². The lowest BCUT2D eigenvalue weighted by Gasteiger charge is -2.38. The molecule has 1 aliphatic heterocycles. The number of amides is 1. The molecular formula is C26H36N2O3. The molecule has 1 fully saturated rings. The summed E-state index contributed by atoms with van der Waals surface area (Å²) in [4.78, 5) is 14.7. The zero-order chi connectivity index (χ0) is 22.5. The van der Waals surface area contributed by atoms with Crippen molar-refractivity contribution in [3.8, 4) is 5.75 Å². The maximum absolute atomic E-state index is 12.6. The number of carbonyl (C=O) groups is 1.